The van der Waals surface area contributed by atoms with Crippen molar-refractivity contribution in [2.45, 2.75) is 24.6 Å². The minimum Gasteiger partial charge on any atom is -0.304 e. The van der Waals surface area contributed by atoms with Crippen LogP contribution in [-0.4, -0.2) is 24.5 Å². The number of nitrogens with zero attached hydrogens (tertiary/aromatic N) is 2. The first-order valence-corrected chi connectivity index (χ1v) is 6.83. The van der Waals surface area contributed by atoms with Gasteiger partial charge in [0.1, 0.15) is 4.32 Å². The van der Waals surface area contributed by atoms with E-state index in [1.54, 1.807) is 0 Å². The molecule has 0 fully saturated rings. The predicted octanol–water partition coefficient (Wildman–Crippen LogP) is 4.11. The van der Waals surface area contributed by atoms with Crippen LogP contribution in [0.3, 0.4) is 0 Å². The number of nitriles is 1. The van der Waals surface area contributed by atoms with Crippen molar-refractivity contribution in [1.29, 1.82) is 5.26 Å². The fourth-order valence-electron chi connectivity index (χ4n) is 1.82. The minimum atomic E-state index is -0.559. The molecule has 0 N–H and O–H groups in total. The zero-order chi connectivity index (χ0) is 12.7. The Labute approximate surface area is 129 Å². The molecule has 0 saturated carbocycles. The van der Waals surface area contributed by atoms with E-state index >= 15 is 0 Å². The smallest absolute Gasteiger partial charge is 0.138 e. The fraction of sp³-hybridized carbons (Fsp3) is 0.500. The SMILES string of the molecule is Br.CCN(CC)CCC(Br)(C#N)c1ccccc1. The summed E-state index contributed by atoms with van der Waals surface area (Å²) in [7, 11) is 0. The molecule has 1 atom stereocenters. The predicted molar refractivity (Wildman–Crippen MR) is 85.4 cm³/mol. The lowest BCUT2D eigenvalue weighted by Crippen LogP contribution is -2.29. The summed E-state index contributed by atoms with van der Waals surface area (Å²) in [6.45, 7) is 7.28. The molecule has 0 bridgehead atoms. The van der Waals surface area contributed by atoms with Crippen LogP contribution in [0.5, 0.6) is 0 Å². The van der Waals surface area contributed by atoms with E-state index in [1.165, 1.54) is 0 Å². The number of hydrogen-bond acceptors (Lipinski definition) is 2. The summed E-state index contributed by atoms with van der Waals surface area (Å²) in [5.41, 5.74) is 1.04. The average Bonchev–Trinajstić information content (AvgIpc) is 2.40. The van der Waals surface area contributed by atoms with Crippen molar-refractivity contribution in [2.75, 3.05) is 19.6 Å². The monoisotopic (exact) mass is 374 g/mol. The Morgan fingerprint density at radius 3 is 2.22 bits per heavy atom. The van der Waals surface area contributed by atoms with Crippen LogP contribution >= 0.6 is 32.9 Å². The largest absolute Gasteiger partial charge is 0.304 e. The lowest BCUT2D eigenvalue weighted by molar-refractivity contribution is 0.293. The van der Waals surface area contributed by atoms with E-state index < -0.39 is 4.32 Å². The maximum absolute atomic E-state index is 9.38. The Kier molecular flexibility index (Phi) is 8.51. The second-order valence-corrected chi connectivity index (χ2v) is 5.41. The highest BCUT2D eigenvalue weighted by atomic mass is 79.9. The van der Waals surface area contributed by atoms with E-state index in [-0.39, 0.29) is 17.0 Å². The van der Waals surface area contributed by atoms with Crippen LogP contribution in [0, 0.1) is 11.3 Å². The molecule has 0 aliphatic rings. The van der Waals surface area contributed by atoms with Gasteiger partial charge in [0.2, 0.25) is 0 Å². The molecule has 0 radical (unpaired) electrons. The van der Waals surface area contributed by atoms with Crippen molar-refractivity contribution in [3.63, 3.8) is 0 Å². The molecule has 18 heavy (non-hydrogen) atoms. The Hall–Kier alpha value is -0.370. The second-order valence-electron chi connectivity index (χ2n) is 4.06. The molecule has 1 unspecified atom stereocenters. The zero-order valence-electron chi connectivity index (χ0n) is 10.9. The van der Waals surface area contributed by atoms with Gasteiger partial charge in [-0.3, -0.25) is 0 Å². The third-order valence-electron chi connectivity index (χ3n) is 3.08. The number of alkyl halides is 1. The average molecular weight is 376 g/mol. The summed E-state index contributed by atoms with van der Waals surface area (Å²) in [4.78, 5) is 2.33. The van der Waals surface area contributed by atoms with Crippen LogP contribution in [0.1, 0.15) is 25.8 Å². The molecule has 100 valence electrons. The Morgan fingerprint density at radius 2 is 1.78 bits per heavy atom. The second kappa shape index (κ2) is 8.68. The molecule has 0 saturated heterocycles. The Morgan fingerprint density at radius 1 is 1.22 bits per heavy atom. The number of benzene rings is 1. The van der Waals surface area contributed by atoms with Gasteiger partial charge in [0.05, 0.1) is 6.07 Å². The van der Waals surface area contributed by atoms with E-state index in [1.807, 2.05) is 30.3 Å². The maximum Gasteiger partial charge on any atom is 0.138 e. The van der Waals surface area contributed by atoms with Gasteiger partial charge in [-0.1, -0.05) is 60.1 Å². The van der Waals surface area contributed by atoms with E-state index in [0.29, 0.717) is 0 Å². The summed E-state index contributed by atoms with van der Waals surface area (Å²) in [6, 6.07) is 12.3. The van der Waals surface area contributed by atoms with Gasteiger partial charge in [-0.2, -0.15) is 5.26 Å². The molecular weight excluding hydrogens is 356 g/mol. The molecule has 0 spiro atoms. The van der Waals surface area contributed by atoms with Gasteiger partial charge in [-0.15, -0.1) is 17.0 Å². The van der Waals surface area contributed by atoms with Gasteiger partial charge < -0.3 is 4.90 Å². The molecule has 1 aromatic rings. The van der Waals surface area contributed by atoms with Crippen molar-refractivity contribution in [2.24, 2.45) is 0 Å². The number of hydrogen-bond donors (Lipinski definition) is 0. The first-order valence-electron chi connectivity index (χ1n) is 6.04. The standard InChI is InChI=1S/C14H19BrN2.BrH/c1-3-17(4-2)11-10-14(15,12-16)13-8-6-5-7-9-13;/h5-9H,3-4,10-11H2,1-2H3;1H. The van der Waals surface area contributed by atoms with Crippen LogP contribution < -0.4 is 0 Å². The number of rotatable bonds is 6. The van der Waals surface area contributed by atoms with Crippen LogP contribution in [0.15, 0.2) is 30.3 Å². The molecule has 0 aliphatic carbocycles. The molecule has 0 aromatic heterocycles. The summed E-state index contributed by atoms with van der Waals surface area (Å²) in [5, 5.41) is 9.38. The van der Waals surface area contributed by atoms with Crippen LogP contribution in [0.25, 0.3) is 0 Å². The highest BCUT2D eigenvalue weighted by Gasteiger charge is 2.28. The van der Waals surface area contributed by atoms with Gasteiger partial charge >= 0.3 is 0 Å². The Bertz CT molecular complexity index is 371. The Balaban J connectivity index is 0.00000289. The van der Waals surface area contributed by atoms with E-state index in [0.717, 1.165) is 31.6 Å². The van der Waals surface area contributed by atoms with Gasteiger partial charge in [0.15, 0.2) is 0 Å². The molecule has 0 amide bonds. The molecule has 4 heteroatoms. The molecular formula is C14H20Br2N2. The van der Waals surface area contributed by atoms with Gasteiger partial charge in [-0.25, -0.2) is 0 Å². The highest BCUT2D eigenvalue weighted by molar-refractivity contribution is 9.09. The van der Waals surface area contributed by atoms with Crippen LogP contribution in [-0.2, 0) is 4.32 Å². The normalized spacial score (nSPS) is 13.5. The molecule has 1 aromatic carbocycles. The van der Waals surface area contributed by atoms with E-state index in [2.05, 4.69) is 40.7 Å². The van der Waals surface area contributed by atoms with Crippen LogP contribution in [0.2, 0.25) is 0 Å². The first kappa shape index (κ1) is 17.6. The topological polar surface area (TPSA) is 27.0 Å². The van der Waals surface area contributed by atoms with Crippen molar-refractivity contribution < 1.29 is 0 Å². The van der Waals surface area contributed by atoms with Crippen LogP contribution in [0.4, 0.5) is 0 Å². The summed E-state index contributed by atoms with van der Waals surface area (Å²) >= 11 is 3.59. The zero-order valence-corrected chi connectivity index (χ0v) is 14.2. The highest BCUT2D eigenvalue weighted by Crippen LogP contribution is 2.34. The lowest BCUT2D eigenvalue weighted by atomic mass is 9.97. The summed E-state index contributed by atoms with van der Waals surface area (Å²) < 4.78 is -0.559. The first-order chi connectivity index (χ1) is 8.16. The third kappa shape index (κ3) is 4.72. The van der Waals surface area contributed by atoms with Crippen molar-refractivity contribution >= 4 is 32.9 Å². The number of halogens is 2. The van der Waals surface area contributed by atoms with E-state index in [4.69, 9.17) is 0 Å². The summed E-state index contributed by atoms with van der Waals surface area (Å²) in [6.07, 6.45) is 0.801. The molecule has 1 rings (SSSR count). The quantitative estimate of drug-likeness (QED) is 0.699. The molecule has 2 nitrogen and oxygen atoms in total. The third-order valence-corrected chi connectivity index (χ3v) is 4.11. The fourth-order valence-corrected chi connectivity index (χ4v) is 2.26. The van der Waals surface area contributed by atoms with Crippen molar-refractivity contribution in [1.82, 2.24) is 4.90 Å². The molecule has 0 aliphatic heterocycles. The lowest BCUT2D eigenvalue weighted by Gasteiger charge is -2.25. The molecule has 0 heterocycles. The maximum atomic E-state index is 9.38. The van der Waals surface area contributed by atoms with Crippen molar-refractivity contribution in [3.8, 4) is 6.07 Å². The van der Waals surface area contributed by atoms with Gasteiger partial charge in [0.25, 0.3) is 0 Å². The van der Waals surface area contributed by atoms with E-state index in [9.17, 15) is 5.26 Å². The van der Waals surface area contributed by atoms with Gasteiger partial charge in [-0.05, 0) is 25.1 Å². The minimum absolute atomic E-state index is 0. The van der Waals surface area contributed by atoms with Crippen molar-refractivity contribution in [3.05, 3.63) is 35.9 Å². The summed E-state index contributed by atoms with van der Waals surface area (Å²) in [5.74, 6) is 0. The van der Waals surface area contributed by atoms with Gasteiger partial charge in [0, 0.05) is 6.54 Å².